The highest BCUT2D eigenvalue weighted by Gasteiger charge is 2.33. The van der Waals surface area contributed by atoms with Crippen molar-refractivity contribution in [3.8, 4) is 5.75 Å². The van der Waals surface area contributed by atoms with E-state index in [1.54, 1.807) is 49.5 Å². The van der Waals surface area contributed by atoms with Gasteiger partial charge in [-0.05, 0) is 25.1 Å². The van der Waals surface area contributed by atoms with Gasteiger partial charge in [0.15, 0.2) is 0 Å². The Hall–Kier alpha value is -3.22. The number of nitrogens with zero attached hydrogens (tertiary/aromatic N) is 3. The van der Waals surface area contributed by atoms with Gasteiger partial charge < -0.3 is 9.57 Å². The Morgan fingerprint density at radius 3 is 2.72 bits per heavy atom. The Labute approximate surface area is 144 Å². The van der Waals surface area contributed by atoms with Gasteiger partial charge >= 0.3 is 5.97 Å². The Kier molecular flexibility index (Phi) is 4.74. The molecule has 0 radical (unpaired) electrons. The fraction of sp³-hybridized carbons (Fsp3) is 0.222. The SMILES string of the molecule is CC(=O)Oc1ccccc1CN1C(=O)C(C)ON=C1c1ccccn1. The number of rotatable bonds is 4. The molecule has 0 spiro atoms. The lowest BCUT2D eigenvalue weighted by molar-refractivity contribution is -0.142. The van der Waals surface area contributed by atoms with Crippen LogP contribution in [0.1, 0.15) is 25.1 Å². The molecule has 2 heterocycles. The van der Waals surface area contributed by atoms with Crippen molar-refractivity contribution in [2.24, 2.45) is 5.16 Å². The lowest BCUT2D eigenvalue weighted by Crippen LogP contribution is -2.46. The van der Waals surface area contributed by atoms with Crippen LogP contribution in [0.3, 0.4) is 0 Å². The van der Waals surface area contributed by atoms with Gasteiger partial charge in [0.2, 0.25) is 11.9 Å². The maximum Gasteiger partial charge on any atom is 0.308 e. The highest BCUT2D eigenvalue weighted by atomic mass is 16.6. The van der Waals surface area contributed by atoms with Crippen molar-refractivity contribution >= 4 is 17.7 Å². The van der Waals surface area contributed by atoms with Gasteiger partial charge in [0.1, 0.15) is 11.4 Å². The number of ether oxygens (including phenoxy) is 1. The molecule has 0 N–H and O–H groups in total. The molecule has 3 rings (SSSR count). The van der Waals surface area contributed by atoms with E-state index in [2.05, 4.69) is 10.1 Å². The molecular weight excluding hydrogens is 322 g/mol. The number of oxime groups is 1. The minimum Gasteiger partial charge on any atom is -0.426 e. The normalized spacial score (nSPS) is 16.9. The van der Waals surface area contributed by atoms with E-state index in [1.807, 2.05) is 6.07 Å². The summed E-state index contributed by atoms with van der Waals surface area (Å²) in [6.07, 6.45) is 0.916. The van der Waals surface area contributed by atoms with Crippen molar-refractivity contribution in [2.75, 3.05) is 0 Å². The fourth-order valence-electron chi connectivity index (χ4n) is 2.44. The van der Waals surface area contributed by atoms with Crippen molar-refractivity contribution in [3.05, 3.63) is 59.9 Å². The summed E-state index contributed by atoms with van der Waals surface area (Å²) in [5.41, 5.74) is 1.21. The zero-order valence-electron chi connectivity index (χ0n) is 13.9. The molecule has 7 heteroatoms. The van der Waals surface area contributed by atoms with E-state index in [4.69, 9.17) is 9.57 Å². The number of carbonyl (C=O) groups is 2. The second-order valence-electron chi connectivity index (χ2n) is 5.50. The Morgan fingerprint density at radius 2 is 2.00 bits per heavy atom. The molecule has 0 aliphatic carbocycles. The highest BCUT2D eigenvalue weighted by Crippen LogP contribution is 2.23. The van der Waals surface area contributed by atoms with Crippen molar-refractivity contribution < 1.29 is 19.2 Å². The molecule has 1 unspecified atom stereocenters. The molecule has 0 saturated heterocycles. The average molecular weight is 339 g/mol. The maximum atomic E-state index is 12.6. The predicted molar refractivity (Wildman–Crippen MR) is 89.6 cm³/mol. The summed E-state index contributed by atoms with van der Waals surface area (Å²) in [6.45, 7) is 3.15. The van der Waals surface area contributed by atoms with Crippen LogP contribution < -0.4 is 4.74 Å². The highest BCUT2D eigenvalue weighted by molar-refractivity contribution is 6.08. The van der Waals surface area contributed by atoms with Gasteiger partial charge in [-0.15, -0.1) is 0 Å². The summed E-state index contributed by atoms with van der Waals surface area (Å²) < 4.78 is 5.23. The topological polar surface area (TPSA) is 81.1 Å². The standard InChI is InChI=1S/C18H17N3O4/c1-12-18(23)21(17(20-25-12)15-8-5-6-10-19-15)11-14-7-3-4-9-16(14)24-13(2)22/h3-10,12H,11H2,1-2H3. The number of hydrogen-bond acceptors (Lipinski definition) is 6. The fourth-order valence-corrected chi connectivity index (χ4v) is 2.44. The van der Waals surface area contributed by atoms with Gasteiger partial charge in [-0.2, -0.15) is 0 Å². The number of carbonyl (C=O) groups excluding carboxylic acids is 2. The summed E-state index contributed by atoms with van der Waals surface area (Å²) in [6, 6.07) is 12.4. The van der Waals surface area contributed by atoms with Crippen LogP contribution in [-0.2, 0) is 21.0 Å². The third-order valence-corrected chi connectivity index (χ3v) is 3.62. The largest absolute Gasteiger partial charge is 0.426 e. The van der Waals surface area contributed by atoms with Crippen LogP contribution in [0.5, 0.6) is 5.75 Å². The zero-order chi connectivity index (χ0) is 17.8. The van der Waals surface area contributed by atoms with Gasteiger partial charge in [-0.1, -0.05) is 29.4 Å². The Balaban J connectivity index is 1.96. The third-order valence-electron chi connectivity index (χ3n) is 3.62. The van der Waals surface area contributed by atoms with Gasteiger partial charge in [-0.3, -0.25) is 19.5 Å². The number of aromatic nitrogens is 1. The summed E-state index contributed by atoms with van der Waals surface area (Å²) in [5, 5.41) is 4.05. The first-order valence-electron chi connectivity index (χ1n) is 7.79. The Morgan fingerprint density at radius 1 is 1.24 bits per heavy atom. The molecule has 0 fully saturated rings. The monoisotopic (exact) mass is 339 g/mol. The lowest BCUT2D eigenvalue weighted by Gasteiger charge is -2.29. The van der Waals surface area contributed by atoms with Crippen LogP contribution >= 0.6 is 0 Å². The van der Waals surface area contributed by atoms with Gasteiger partial charge in [-0.25, -0.2) is 0 Å². The Bertz CT molecular complexity index is 820. The first-order valence-corrected chi connectivity index (χ1v) is 7.79. The number of amides is 1. The van der Waals surface area contributed by atoms with Gasteiger partial charge in [0, 0.05) is 18.7 Å². The van der Waals surface area contributed by atoms with Crippen molar-refractivity contribution in [2.45, 2.75) is 26.5 Å². The average Bonchev–Trinajstić information content (AvgIpc) is 2.61. The molecule has 1 aromatic carbocycles. The molecular formula is C18H17N3O4. The van der Waals surface area contributed by atoms with Crippen molar-refractivity contribution in [1.29, 1.82) is 0 Å². The van der Waals surface area contributed by atoms with Crippen LogP contribution in [0.25, 0.3) is 0 Å². The van der Waals surface area contributed by atoms with E-state index in [1.165, 1.54) is 11.8 Å². The minimum absolute atomic E-state index is 0.186. The smallest absolute Gasteiger partial charge is 0.308 e. The molecule has 7 nitrogen and oxygen atoms in total. The second-order valence-corrected chi connectivity index (χ2v) is 5.50. The molecule has 128 valence electrons. The number of amidine groups is 1. The first-order chi connectivity index (χ1) is 12.1. The van der Waals surface area contributed by atoms with E-state index < -0.39 is 12.1 Å². The van der Waals surface area contributed by atoms with E-state index >= 15 is 0 Å². The summed E-state index contributed by atoms with van der Waals surface area (Å²) in [4.78, 5) is 34.8. The number of para-hydroxylation sites is 1. The van der Waals surface area contributed by atoms with E-state index in [0.29, 0.717) is 22.8 Å². The van der Waals surface area contributed by atoms with Crippen LogP contribution in [0.2, 0.25) is 0 Å². The predicted octanol–water partition coefficient (Wildman–Crippen LogP) is 2.12. The third kappa shape index (κ3) is 3.65. The minimum atomic E-state index is -0.701. The maximum absolute atomic E-state index is 12.6. The molecule has 1 amide bonds. The molecule has 0 saturated carbocycles. The summed E-state index contributed by atoms with van der Waals surface area (Å²) in [5.74, 6) is 0.0599. The first kappa shape index (κ1) is 16.6. The molecule has 2 aromatic rings. The quantitative estimate of drug-likeness (QED) is 0.629. The van der Waals surface area contributed by atoms with Crippen molar-refractivity contribution in [1.82, 2.24) is 9.88 Å². The van der Waals surface area contributed by atoms with Crippen LogP contribution in [-0.4, -0.2) is 33.7 Å². The summed E-state index contributed by atoms with van der Waals surface area (Å²) in [7, 11) is 0. The molecule has 1 aliphatic rings. The lowest BCUT2D eigenvalue weighted by atomic mass is 10.1. The van der Waals surface area contributed by atoms with Crippen LogP contribution in [0, 0.1) is 0 Å². The molecule has 25 heavy (non-hydrogen) atoms. The molecule has 1 atom stereocenters. The van der Waals surface area contributed by atoms with Crippen molar-refractivity contribution in [3.63, 3.8) is 0 Å². The van der Waals surface area contributed by atoms with Gasteiger partial charge in [0.25, 0.3) is 5.91 Å². The van der Waals surface area contributed by atoms with Gasteiger partial charge in [0.05, 0.1) is 6.54 Å². The zero-order valence-corrected chi connectivity index (χ0v) is 13.9. The number of hydrogen-bond donors (Lipinski definition) is 0. The number of esters is 1. The van der Waals surface area contributed by atoms with E-state index in [0.717, 1.165) is 0 Å². The molecule has 1 aromatic heterocycles. The number of benzene rings is 1. The van der Waals surface area contributed by atoms with Crippen LogP contribution in [0.4, 0.5) is 0 Å². The molecule has 0 bridgehead atoms. The molecule has 1 aliphatic heterocycles. The summed E-state index contributed by atoms with van der Waals surface area (Å²) >= 11 is 0. The van der Waals surface area contributed by atoms with E-state index in [-0.39, 0.29) is 12.5 Å². The van der Waals surface area contributed by atoms with E-state index in [9.17, 15) is 9.59 Å². The van der Waals surface area contributed by atoms with Crippen LogP contribution in [0.15, 0.2) is 53.8 Å². The second kappa shape index (κ2) is 7.12. The number of pyridine rings is 1.